The second-order valence-corrected chi connectivity index (χ2v) is 10.4. The van der Waals surface area contributed by atoms with Crippen LogP contribution in [0.1, 0.15) is 12.0 Å². The van der Waals surface area contributed by atoms with E-state index in [1.165, 1.54) is 0 Å². The molecule has 2 aromatic heterocycles. The Bertz CT molecular complexity index is 1520. The van der Waals surface area contributed by atoms with E-state index in [2.05, 4.69) is 20.6 Å². The van der Waals surface area contributed by atoms with E-state index in [-0.39, 0.29) is 36.1 Å². The summed E-state index contributed by atoms with van der Waals surface area (Å²) in [6.07, 6.45) is 5.06. The fourth-order valence-electron chi connectivity index (χ4n) is 4.71. The van der Waals surface area contributed by atoms with Crippen molar-refractivity contribution in [2.75, 3.05) is 50.1 Å². The van der Waals surface area contributed by atoms with Crippen LogP contribution in [-0.2, 0) is 4.79 Å². The number of methoxy groups -OCH3 is 1. The van der Waals surface area contributed by atoms with Crippen molar-refractivity contribution in [3.05, 3.63) is 84.0 Å². The number of nitrogens with zero attached hydrogens (tertiary/aromatic N) is 6. The SMILES string of the molecule is COc1ccc(NC(=O)N2CCN(c3cc(Cl)nc(-n4ccnc4)n3)C(CC(=O)NCCOc3ccc(C)cc3)C2)cc1. The number of urea groups is 1. The van der Waals surface area contributed by atoms with Crippen molar-refractivity contribution in [1.82, 2.24) is 29.7 Å². The summed E-state index contributed by atoms with van der Waals surface area (Å²) in [5.74, 6) is 2.18. The minimum Gasteiger partial charge on any atom is -0.497 e. The lowest BCUT2D eigenvalue weighted by molar-refractivity contribution is -0.121. The van der Waals surface area contributed by atoms with Gasteiger partial charge in [-0.25, -0.2) is 14.8 Å². The van der Waals surface area contributed by atoms with E-state index < -0.39 is 0 Å². The van der Waals surface area contributed by atoms with Gasteiger partial charge in [-0.2, -0.15) is 4.98 Å². The Labute approximate surface area is 254 Å². The number of carbonyl (C=O) groups excluding carboxylic acids is 2. The Morgan fingerprint density at radius 1 is 1.05 bits per heavy atom. The van der Waals surface area contributed by atoms with Crippen molar-refractivity contribution in [3.8, 4) is 17.4 Å². The molecule has 43 heavy (non-hydrogen) atoms. The summed E-state index contributed by atoms with van der Waals surface area (Å²) in [4.78, 5) is 43.1. The summed E-state index contributed by atoms with van der Waals surface area (Å²) in [6, 6.07) is 15.9. The Morgan fingerprint density at radius 2 is 1.81 bits per heavy atom. The number of benzene rings is 2. The van der Waals surface area contributed by atoms with E-state index in [1.54, 1.807) is 65.6 Å². The fourth-order valence-corrected chi connectivity index (χ4v) is 4.88. The van der Waals surface area contributed by atoms with Gasteiger partial charge < -0.3 is 29.9 Å². The third kappa shape index (κ3) is 7.92. The minimum absolute atomic E-state index is 0.124. The van der Waals surface area contributed by atoms with Crippen molar-refractivity contribution in [2.24, 2.45) is 0 Å². The maximum atomic E-state index is 13.2. The van der Waals surface area contributed by atoms with E-state index in [0.29, 0.717) is 49.4 Å². The summed E-state index contributed by atoms with van der Waals surface area (Å²) >= 11 is 6.39. The van der Waals surface area contributed by atoms with Gasteiger partial charge >= 0.3 is 6.03 Å². The van der Waals surface area contributed by atoms with Crippen molar-refractivity contribution in [2.45, 2.75) is 19.4 Å². The summed E-state index contributed by atoms with van der Waals surface area (Å²) in [7, 11) is 1.59. The minimum atomic E-state index is -0.380. The number of carbonyl (C=O) groups is 2. The average molecular weight is 605 g/mol. The normalized spacial score (nSPS) is 14.7. The molecule has 0 aliphatic carbocycles. The predicted molar refractivity (Wildman–Crippen MR) is 163 cm³/mol. The second kappa shape index (κ2) is 13.9. The van der Waals surface area contributed by atoms with Crippen molar-refractivity contribution < 1.29 is 19.1 Å². The van der Waals surface area contributed by atoms with Crippen molar-refractivity contribution in [1.29, 1.82) is 0 Å². The third-order valence-corrected chi connectivity index (χ3v) is 7.14. The smallest absolute Gasteiger partial charge is 0.321 e. The number of imidazole rings is 1. The Hall–Kier alpha value is -4.84. The van der Waals surface area contributed by atoms with Gasteiger partial charge in [0, 0.05) is 50.2 Å². The van der Waals surface area contributed by atoms with Crippen molar-refractivity contribution in [3.63, 3.8) is 0 Å². The molecule has 2 aromatic carbocycles. The number of hydrogen-bond acceptors (Lipinski definition) is 8. The number of aromatic nitrogens is 4. The maximum Gasteiger partial charge on any atom is 0.321 e. The molecule has 1 fully saturated rings. The van der Waals surface area contributed by atoms with E-state index in [9.17, 15) is 9.59 Å². The number of piperazine rings is 1. The first kappa shape index (κ1) is 29.6. The lowest BCUT2D eigenvalue weighted by atomic mass is 10.1. The van der Waals surface area contributed by atoms with E-state index in [4.69, 9.17) is 26.1 Å². The molecule has 2 N–H and O–H groups in total. The zero-order valence-corrected chi connectivity index (χ0v) is 24.7. The van der Waals surface area contributed by atoms with Crippen LogP contribution in [0.15, 0.2) is 73.3 Å². The zero-order valence-electron chi connectivity index (χ0n) is 23.9. The molecule has 0 bridgehead atoms. The summed E-state index contributed by atoms with van der Waals surface area (Å²) in [5.41, 5.74) is 1.79. The van der Waals surface area contributed by atoms with Gasteiger partial charge in [0.2, 0.25) is 11.9 Å². The quantitative estimate of drug-likeness (QED) is 0.206. The summed E-state index contributed by atoms with van der Waals surface area (Å²) < 4.78 is 12.6. The standard InChI is InChI=1S/C30H33ClN8O4/c1-21-3-7-25(8-4-21)43-16-12-33-28(40)17-23-19-37(30(41)34-22-5-9-24(42-2)10-6-22)14-15-39(23)27-18-26(31)35-29(36-27)38-13-11-32-20-38/h3-11,13,18,20,23H,12,14-17,19H2,1-2H3,(H,33,40)(H,34,41). The van der Waals surface area contributed by atoms with Gasteiger partial charge in [-0.1, -0.05) is 29.3 Å². The molecule has 13 heteroatoms. The van der Waals surface area contributed by atoms with Gasteiger partial charge in [0.25, 0.3) is 0 Å². The average Bonchev–Trinajstić information content (AvgIpc) is 3.56. The van der Waals surface area contributed by atoms with E-state index in [1.807, 2.05) is 36.1 Å². The number of nitrogens with one attached hydrogen (secondary N) is 2. The number of anilines is 2. The molecule has 1 atom stereocenters. The van der Waals surface area contributed by atoms with Crippen LogP contribution in [0.5, 0.6) is 11.5 Å². The molecule has 0 radical (unpaired) electrons. The second-order valence-electron chi connectivity index (χ2n) is 9.99. The lowest BCUT2D eigenvalue weighted by Crippen LogP contribution is -2.57. The first-order valence-electron chi connectivity index (χ1n) is 13.8. The maximum absolute atomic E-state index is 13.2. The summed E-state index contributed by atoms with van der Waals surface area (Å²) in [5, 5.41) is 6.11. The number of halogens is 1. The molecule has 1 aliphatic heterocycles. The number of rotatable bonds is 10. The number of hydrogen-bond donors (Lipinski definition) is 2. The van der Waals surface area contributed by atoms with Crippen LogP contribution in [-0.4, -0.2) is 82.3 Å². The largest absolute Gasteiger partial charge is 0.497 e. The van der Waals surface area contributed by atoms with Gasteiger partial charge in [0.15, 0.2) is 0 Å². The highest BCUT2D eigenvalue weighted by Crippen LogP contribution is 2.25. The fraction of sp³-hybridized carbons (Fsp3) is 0.300. The van der Waals surface area contributed by atoms with Gasteiger partial charge in [-0.3, -0.25) is 9.36 Å². The third-order valence-electron chi connectivity index (χ3n) is 6.95. The molecule has 1 aliphatic rings. The van der Waals surface area contributed by atoms with Gasteiger partial charge in [-0.05, 0) is 43.3 Å². The van der Waals surface area contributed by atoms with Crippen LogP contribution in [0, 0.1) is 6.92 Å². The molecular weight excluding hydrogens is 572 g/mol. The molecule has 3 amide bonds. The van der Waals surface area contributed by atoms with Crippen LogP contribution in [0.25, 0.3) is 5.95 Å². The monoisotopic (exact) mass is 604 g/mol. The Morgan fingerprint density at radius 3 is 2.53 bits per heavy atom. The first-order chi connectivity index (χ1) is 20.9. The molecule has 4 aromatic rings. The number of aryl methyl sites for hydroxylation is 1. The molecule has 1 saturated heterocycles. The molecule has 5 rings (SSSR count). The molecule has 0 saturated carbocycles. The molecule has 224 valence electrons. The lowest BCUT2D eigenvalue weighted by Gasteiger charge is -2.42. The Balaban J connectivity index is 1.27. The van der Waals surface area contributed by atoms with Gasteiger partial charge in [0.1, 0.15) is 35.4 Å². The van der Waals surface area contributed by atoms with E-state index in [0.717, 1.165) is 11.3 Å². The van der Waals surface area contributed by atoms with Crippen molar-refractivity contribution >= 4 is 35.0 Å². The molecule has 0 spiro atoms. The Kier molecular flexibility index (Phi) is 9.57. The van der Waals surface area contributed by atoms with E-state index >= 15 is 0 Å². The van der Waals surface area contributed by atoms with Crippen LogP contribution in [0.3, 0.4) is 0 Å². The molecule has 1 unspecified atom stereocenters. The highest BCUT2D eigenvalue weighted by atomic mass is 35.5. The zero-order chi connectivity index (χ0) is 30.2. The molecule has 12 nitrogen and oxygen atoms in total. The topological polar surface area (TPSA) is 127 Å². The number of amides is 3. The highest BCUT2D eigenvalue weighted by molar-refractivity contribution is 6.29. The number of ether oxygens (including phenoxy) is 2. The van der Waals surface area contributed by atoms with Crippen LogP contribution >= 0.6 is 11.6 Å². The van der Waals surface area contributed by atoms with Gasteiger partial charge in [-0.15, -0.1) is 0 Å². The van der Waals surface area contributed by atoms with Crippen LogP contribution < -0.4 is 25.0 Å². The van der Waals surface area contributed by atoms with Crippen LogP contribution in [0.4, 0.5) is 16.3 Å². The predicted octanol–water partition coefficient (Wildman–Crippen LogP) is 3.94. The first-order valence-corrected chi connectivity index (χ1v) is 14.2. The van der Waals surface area contributed by atoms with Crippen LogP contribution in [0.2, 0.25) is 5.15 Å². The summed E-state index contributed by atoms with van der Waals surface area (Å²) in [6.45, 7) is 3.81. The molecular formula is C30H33ClN8O4. The van der Waals surface area contributed by atoms with Gasteiger partial charge in [0.05, 0.1) is 19.7 Å². The molecule has 3 heterocycles. The highest BCUT2D eigenvalue weighted by Gasteiger charge is 2.32.